The number of carbonyl (C=O) groups is 2. The molecule has 0 aromatic heterocycles. The van der Waals surface area contributed by atoms with Crippen molar-refractivity contribution in [2.45, 2.75) is 19.3 Å². The number of methoxy groups -OCH3 is 1. The van der Waals surface area contributed by atoms with E-state index in [0.717, 1.165) is 19.3 Å². The minimum absolute atomic E-state index is 0.0228. The van der Waals surface area contributed by atoms with Crippen molar-refractivity contribution in [2.24, 2.45) is 5.92 Å². The number of phenolic OH excluding ortho intramolecular Hbond substituents is 1. The van der Waals surface area contributed by atoms with Gasteiger partial charge in [0.05, 0.1) is 12.2 Å². The number of unbranched alkanes of at least 4 members (excludes halogenated alkanes) is 1. The van der Waals surface area contributed by atoms with Crippen LogP contribution in [0.2, 0.25) is 0 Å². The molecule has 0 saturated heterocycles. The van der Waals surface area contributed by atoms with Gasteiger partial charge in [-0.2, -0.15) is 0 Å². The predicted molar refractivity (Wildman–Crippen MR) is 153 cm³/mol. The molecular weight excluding hydrogens is 520 g/mol. The van der Waals surface area contributed by atoms with Gasteiger partial charge in [0.1, 0.15) is 23.5 Å². The average molecular weight is 553 g/mol. The molecule has 1 aliphatic rings. The van der Waals surface area contributed by atoms with Crippen LogP contribution in [0.4, 0.5) is 5.69 Å². The number of ether oxygens (including phenoxy) is 2. The number of anilines is 1. The number of allylic oxidation sites excluding steroid dienone is 2. The molecule has 1 atom stereocenters. The zero-order chi connectivity index (χ0) is 28.4. The summed E-state index contributed by atoms with van der Waals surface area (Å²) in [5, 5.41) is 35.9. The van der Waals surface area contributed by atoms with Gasteiger partial charge >= 0.3 is 5.97 Å². The number of aldehydes is 1. The Bertz CT molecular complexity index is 1300. The van der Waals surface area contributed by atoms with E-state index in [2.05, 4.69) is 17.2 Å². The maximum absolute atomic E-state index is 12.2. The summed E-state index contributed by atoms with van der Waals surface area (Å²) in [5.74, 6) is -0.553. The second kappa shape index (κ2) is 14.2. The Labute approximate surface area is 232 Å². The van der Waals surface area contributed by atoms with E-state index in [4.69, 9.17) is 21.7 Å². The largest absolute Gasteiger partial charge is 0.508 e. The smallest absolute Gasteiger partial charge is 0.336 e. The van der Waals surface area contributed by atoms with Gasteiger partial charge in [-0.25, -0.2) is 4.79 Å². The van der Waals surface area contributed by atoms with Gasteiger partial charge in [0, 0.05) is 54.6 Å². The average Bonchev–Trinajstić information content (AvgIpc) is 2.90. The van der Waals surface area contributed by atoms with Gasteiger partial charge in [-0.05, 0) is 73.1 Å². The topological polar surface area (TPSA) is 137 Å². The second-order valence-electron chi connectivity index (χ2n) is 8.94. The van der Waals surface area contributed by atoms with E-state index >= 15 is 0 Å². The van der Waals surface area contributed by atoms with E-state index in [1.165, 1.54) is 30.4 Å². The summed E-state index contributed by atoms with van der Waals surface area (Å²) in [6, 6.07) is 9.25. The molecule has 2 aromatic rings. The molecule has 1 unspecified atom stereocenters. The molecule has 0 radical (unpaired) electrons. The fraction of sp³-hybridized carbons (Fsp3) is 0.276. The van der Waals surface area contributed by atoms with E-state index in [1.807, 2.05) is 0 Å². The number of hydrogen-bond donors (Lipinski definition) is 5. The van der Waals surface area contributed by atoms with Crippen molar-refractivity contribution in [2.75, 3.05) is 32.2 Å². The Balaban J connectivity index is 1.87. The molecule has 39 heavy (non-hydrogen) atoms. The van der Waals surface area contributed by atoms with E-state index in [0.29, 0.717) is 58.3 Å². The van der Waals surface area contributed by atoms with Gasteiger partial charge in [-0.1, -0.05) is 13.0 Å². The maximum atomic E-state index is 12.2. The van der Waals surface area contributed by atoms with Crippen LogP contribution >= 0.6 is 12.2 Å². The molecule has 2 aromatic carbocycles. The first-order valence-electron chi connectivity index (χ1n) is 12.4. The Hall–Kier alpha value is -3.99. The number of aromatic carboxylic acids is 1. The summed E-state index contributed by atoms with van der Waals surface area (Å²) in [6.45, 7) is 5.16. The highest BCUT2D eigenvalue weighted by Gasteiger charge is 2.27. The highest BCUT2D eigenvalue weighted by Crippen LogP contribution is 2.44. The third kappa shape index (κ3) is 7.76. The minimum Gasteiger partial charge on any atom is -0.508 e. The summed E-state index contributed by atoms with van der Waals surface area (Å²) in [4.78, 5) is 23.3. The number of phenols is 1. The number of carboxylic acids is 1. The molecule has 9 nitrogen and oxygen atoms in total. The van der Waals surface area contributed by atoms with Crippen LogP contribution in [0.15, 0.2) is 66.5 Å². The Kier molecular flexibility index (Phi) is 10.8. The van der Waals surface area contributed by atoms with Crippen LogP contribution in [0, 0.1) is 5.92 Å². The van der Waals surface area contributed by atoms with Crippen LogP contribution in [-0.4, -0.2) is 59.6 Å². The number of thiocarbonyl (C=S) groups is 1. The van der Waals surface area contributed by atoms with Crippen molar-refractivity contribution in [3.05, 3.63) is 83.2 Å². The van der Waals surface area contributed by atoms with Gasteiger partial charge in [-0.15, -0.1) is 0 Å². The number of rotatable bonds is 13. The molecule has 10 heteroatoms. The number of carbonyl (C=O) groups excluding carboxylic acids is 1. The SMILES string of the molecule is C=C1Oc2cc(O)ccc2C(c2cc(NC(=S)NCCCCC(CO)COC)ccc2C(=O)O)=C1/C=C\C=O. The number of hydrogen-bond acceptors (Lipinski definition) is 7. The summed E-state index contributed by atoms with van der Waals surface area (Å²) in [7, 11) is 1.62. The fourth-order valence-electron chi connectivity index (χ4n) is 4.29. The number of aliphatic hydroxyl groups is 1. The first kappa shape index (κ1) is 29.6. The van der Waals surface area contributed by atoms with E-state index in [-0.39, 0.29) is 29.6 Å². The lowest BCUT2D eigenvalue weighted by Crippen LogP contribution is -2.29. The zero-order valence-electron chi connectivity index (χ0n) is 21.6. The van der Waals surface area contributed by atoms with Crippen LogP contribution < -0.4 is 15.4 Å². The molecule has 1 heterocycles. The second-order valence-corrected chi connectivity index (χ2v) is 9.34. The van der Waals surface area contributed by atoms with Crippen molar-refractivity contribution in [1.82, 2.24) is 5.32 Å². The maximum Gasteiger partial charge on any atom is 0.336 e. The summed E-state index contributed by atoms with van der Waals surface area (Å²) in [6.07, 6.45) is 5.97. The lowest BCUT2D eigenvalue weighted by Gasteiger charge is -2.25. The van der Waals surface area contributed by atoms with Crippen LogP contribution in [0.5, 0.6) is 11.5 Å². The zero-order valence-corrected chi connectivity index (χ0v) is 22.4. The van der Waals surface area contributed by atoms with Crippen molar-refractivity contribution in [3.8, 4) is 11.5 Å². The van der Waals surface area contributed by atoms with Crippen LogP contribution in [-0.2, 0) is 9.53 Å². The summed E-state index contributed by atoms with van der Waals surface area (Å²) >= 11 is 5.44. The van der Waals surface area contributed by atoms with E-state index in [9.17, 15) is 24.9 Å². The molecule has 206 valence electrons. The van der Waals surface area contributed by atoms with E-state index in [1.54, 1.807) is 25.3 Å². The Morgan fingerprint density at radius 3 is 2.69 bits per heavy atom. The van der Waals surface area contributed by atoms with Gasteiger partial charge < -0.3 is 35.4 Å². The van der Waals surface area contributed by atoms with Gasteiger partial charge in [-0.3, -0.25) is 4.79 Å². The first-order chi connectivity index (χ1) is 18.8. The Morgan fingerprint density at radius 2 is 2.00 bits per heavy atom. The molecular formula is C29H32N2O7S. The molecule has 0 fully saturated rings. The first-order valence-corrected chi connectivity index (χ1v) is 12.8. The number of aliphatic hydroxyl groups excluding tert-OH is 1. The lowest BCUT2D eigenvalue weighted by atomic mass is 9.86. The lowest BCUT2D eigenvalue weighted by molar-refractivity contribution is -0.104. The van der Waals surface area contributed by atoms with Crippen molar-refractivity contribution in [3.63, 3.8) is 0 Å². The number of fused-ring (bicyclic) bond motifs is 1. The molecule has 0 aliphatic carbocycles. The highest BCUT2D eigenvalue weighted by atomic mass is 32.1. The minimum atomic E-state index is -1.14. The molecule has 0 bridgehead atoms. The molecule has 0 saturated carbocycles. The summed E-state index contributed by atoms with van der Waals surface area (Å²) in [5.41, 5.74) is 2.36. The molecule has 0 amide bonds. The normalized spacial score (nSPS) is 13.5. The Morgan fingerprint density at radius 1 is 1.21 bits per heavy atom. The van der Waals surface area contributed by atoms with Gasteiger partial charge in [0.15, 0.2) is 5.11 Å². The third-order valence-corrected chi connectivity index (χ3v) is 6.39. The predicted octanol–water partition coefficient (Wildman–Crippen LogP) is 4.27. The van der Waals surface area contributed by atoms with Gasteiger partial charge in [0.2, 0.25) is 0 Å². The standard InChI is InChI=1S/C29H32N2O7S/c1-18-22(7-5-13-32)27(24-11-9-21(34)15-26(24)38-18)25-14-20(8-10-23(25)28(35)36)31-29(39)30-12-4-3-6-19(16-33)17-37-2/h5,7-11,13-15,19,33-34H,1,3-4,6,12,16-17H2,2H3,(H,35,36)(H2,30,31,39)/b7-5-. The number of nitrogens with one attached hydrogen (secondary N) is 2. The monoisotopic (exact) mass is 552 g/mol. The molecule has 5 N–H and O–H groups in total. The molecule has 3 rings (SSSR count). The van der Waals surface area contributed by atoms with Crippen LogP contribution in [0.1, 0.15) is 40.7 Å². The molecule has 0 spiro atoms. The number of benzene rings is 2. The molecule has 1 aliphatic heterocycles. The third-order valence-electron chi connectivity index (χ3n) is 6.14. The van der Waals surface area contributed by atoms with Gasteiger partial charge in [0.25, 0.3) is 0 Å². The fourth-order valence-corrected chi connectivity index (χ4v) is 4.51. The van der Waals surface area contributed by atoms with Crippen molar-refractivity contribution >= 4 is 40.8 Å². The van der Waals surface area contributed by atoms with Crippen LogP contribution in [0.25, 0.3) is 5.57 Å². The quantitative estimate of drug-likeness (QED) is 0.106. The van der Waals surface area contributed by atoms with E-state index < -0.39 is 5.97 Å². The number of aromatic hydroxyl groups is 1. The summed E-state index contributed by atoms with van der Waals surface area (Å²) < 4.78 is 10.9. The number of carboxylic acid groups (broad SMARTS) is 1. The van der Waals surface area contributed by atoms with Crippen LogP contribution in [0.3, 0.4) is 0 Å². The highest BCUT2D eigenvalue weighted by molar-refractivity contribution is 7.80. The van der Waals surface area contributed by atoms with Crippen molar-refractivity contribution < 1.29 is 34.4 Å². The van der Waals surface area contributed by atoms with Crippen molar-refractivity contribution in [1.29, 1.82) is 0 Å².